The number of hydrogen-bond acceptors (Lipinski definition) is 3. The third-order valence-electron chi connectivity index (χ3n) is 5.31. The predicted molar refractivity (Wildman–Crippen MR) is 144 cm³/mol. The first-order chi connectivity index (χ1) is 15.4. The number of aliphatic imine (C=N–C) groups is 2. The Morgan fingerprint density at radius 2 is 1.81 bits per heavy atom. The number of hydrogen-bond donors (Lipinski definition) is 0. The molecule has 0 saturated carbocycles. The molecule has 0 amide bonds. The summed E-state index contributed by atoms with van der Waals surface area (Å²) in [7, 11) is 2.10. The van der Waals surface area contributed by atoms with Crippen molar-refractivity contribution in [3.63, 3.8) is 0 Å². The van der Waals surface area contributed by atoms with E-state index in [0.717, 1.165) is 48.4 Å². The molecule has 1 unspecified atom stereocenters. The Hall–Kier alpha value is -2.39. The van der Waals surface area contributed by atoms with Crippen molar-refractivity contribution in [1.29, 1.82) is 0 Å². The number of nitrogens with zero attached hydrogens (tertiary/aromatic N) is 3. The zero-order chi connectivity index (χ0) is 23.9. The van der Waals surface area contributed by atoms with Gasteiger partial charge in [0.1, 0.15) is 0 Å². The monoisotopic (exact) mass is 453 g/mol. The van der Waals surface area contributed by atoms with Gasteiger partial charge in [0.15, 0.2) is 0 Å². The van der Waals surface area contributed by atoms with E-state index in [9.17, 15) is 0 Å². The molecular weight excluding hydrogens is 414 g/mol. The van der Waals surface area contributed by atoms with E-state index in [4.69, 9.17) is 16.6 Å². The normalized spacial score (nSPS) is 13.8. The summed E-state index contributed by atoms with van der Waals surface area (Å²) in [4.78, 5) is 11.2. The largest absolute Gasteiger partial charge is 0.373 e. The SMILES string of the molecule is C=C/C=C(\C=C/N(C)C(CC)c1cc(C)cc(Cl)c1)C(/C=C\N=C)=NC(CCC)CCC. The number of allylic oxidation sites excluding steroid dienone is 5. The van der Waals surface area contributed by atoms with Crippen molar-refractivity contribution in [2.45, 2.75) is 71.9 Å². The molecule has 0 aliphatic rings. The molecule has 174 valence electrons. The van der Waals surface area contributed by atoms with Gasteiger partial charge in [0, 0.05) is 23.8 Å². The van der Waals surface area contributed by atoms with Gasteiger partial charge in [-0.05, 0) is 74.5 Å². The van der Waals surface area contributed by atoms with E-state index in [1.807, 2.05) is 18.2 Å². The van der Waals surface area contributed by atoms with Gasteiger partial charge in [0.05, 0.1) is 17.8 Å². The zero-order valence-electron chi connectivity index (χ0n) is 20.5. The molecule has 1 rings (SSSR count). The number of halogens is 1. The minimum Gasteiger partial charge on any atom is -0.373 e. The molecule has 3 nitrogen and oxygen atoms in total. The fourth-order valence-electron chi connectivity index (χ4n) is 3.84. The van der Waals surface area contributed by atoms with Crippen LogP contribution < -0.4 is 0 Å². The topological polar surface area (TPSA) is 28.0 Å². The highest BCUT2D eigenvalue weighted by molar-refractivity contribution is 6.30. The molecule has 0 bridgehead atoms. The van der Waals surface area contributed by atoms with Gasteiger partial charge in [-0.2, -0.15) is 0 Å². The van der Waals surface area contributed by atoms with Crippen LogP contribution in [0.3, 0.4) is 0 Å². The Bertz CT molecular complexity index is 822. The summed E-state index contributed by atoms with van der Waals surface area (Å²) in [6.45, 7) is 16.2. The first kappa shape index (κ1) is 27.6. The van der Waals surface area contributed by atoms with E-state index in [2.05, 4.69) is 82.3 Å². The summed E-state index contributed by atoms with van der Waals surface area (Å²) in [5, 5.41) is 0.775. The molecular formula is C28H40ClN3. The number of benzene rings is 1. The van der Waals surface area contributed by atoms with Crippen LogP contribution >= 0.6 is 11.6 Å². The Morgan fingerprint density at radius 3 is 2.34 bits per heavy atom. The fourth-order valence-corrected chi connectivity index (χ4v) is 4.14. The second-order valence-corrected chi connectivity index (χ2v) is 8.51. The van der Waals surface area contributed by atoms with Crippen LogP contribution in [-0.2, 0) is 0 Å². The van der Waals surface area contributed by atoms with Crippen LogP contribution in [0.2, 0.25) is 5.02 Å². The molecule has 0 fully saturated rings. The van der Waals surface area contributed by atoms with E-state index in [1.165, 1.54) is 11.1 Å². The molecule has 0 radical (unpaired) electrons. The van der Waals surface area contributed by atoms with Crippen LogP contribution in [-0.4, -0.2) is 30.4 Å². The lowest BCUT2D eigenvalue weighted by atomic mass is 10.0. The molecule has 0 heterocycles. The molecule has 0 N–H and O–H groups in total. The fraction of sp³-hybridized carbons (Fsp3) is 0.429. The minimum atomic E-state index is 0.229. The van der Waals surface area contributed by atoms with Crippen molar-refractivity contribution in [3.8, 4) is 0 Å². The summed E-state index contributed by atoms with van der Waals surface area (Å²) in [6.07, 6.45) is 17.0. The molecule has 0 aliphatic heterocycles. The zero-order valence-corrected chi connectivity index (χ0v) is 21.3. The van der Waals surface area contributed by atoms with Gasteiger partial charge in [-0.15, -0.1) is 0 Å². The lowest BCUT2D eigenvalue weighted by Gasteiger charge is -2.27. The Balaban J connectivity index is 3.28. The molecule has 32 heavy (non-hydrogen) atoms. The highest BCUT2D eigenvalue weighted by Crippen LogP contribution is 2.27. The van der Waals surface area contributed by atoms with Gasteiger partial charge >= 0.3 is 0 Å². The maximum Gasteiger partial charge on any atom is 0.0665 e. The molecule has 1 aromatic rings. The van der Waals surface area contributed by atoms with Crippen molar-refractivity contribution in [2.75, 3.05) is 7.05 Å². The van der Waals surface area contributed by atoms with Crippen molar-refractivity contribution in [2.24, 2.45) is 9.98 Å². The van der Waals surface area contributed by atoms with Crippen LogP contribution in [0.15, 0.2) is 77.0 Å². The van der Waals surface area contributed by atoms with Gasteiger partial charge in [0.2, 0.25) is 0 Å². The Labute approximate surface area is 201 Å². The van der Waals surface area contributed by atoms with Crippen LogP contribution in [0.1, 0.15) is 70.0 Å². The summed E-state index contributed by atoms with van der Waals surface area (Å²) >= 11 is 6.32. The van der Waals surface area contributed by atoms with E-state index < -0.39 is 0 Å². The molecule has 1 atom stereocenters. The van der Waals surface area contributed by atoms with E-state index in [-0.39, 0.29) is 6.04 Å². The predicted octanol–water partition coefficient (Wildman–Crippen LogP) is 8.28. The van der Waals surface area contributed by atoms with Gasteiger partial charge in [-0.25, -0.2) is 0 Å². The Morgan fingerprint density at radius 1 is 1.12 bits per heavy atom. The van der Waals surface area contributed by atoms with Gasteiger partial charge in [-0.1, -0.05) is 70.0 Å². The van der Waals surface area contributed by atoms with Crippen molar-refractivity contribution < 1.29 is 0 Å². The average molecular weight is 454 g/mol. The van der Waals surface area contributed by atoms with Crippen LogP contribution in [0.5, 0.6) is 0 Å². The molecule has 1 aromatic carbocycles. The van der Waals surface area contributed by atoms with E-state index in [1.54, 1.807) is 12.3 Å². The quantitative estimate of drug-likeness (QED) is 0.205. The van der Waals surface area contributed by atoms with E-state index >= 15 is 0 Å². The Kier molecular flexibility index (Phi) is 13.3. The first-order valence-corrected chi connectivity index (χ1v) is 12.0. The average Bonchev–Trinajstić information content (AvgIpc) is 2.74. The summed E-state index contributed by atoms with van der Waals surface area (Å²) in [5.74, 6) is 0. The van der Waals surface area contributed by atoms with Crippen LogP contribution in [0.25, 0.3) is 0 Å². The number of rotatable bonds is 14. The highest BCUT2D eigenvalue weighted by atomic mass is 35.5. The highest BCUT2D eigenvalue weighted by Gasteiger charge is 2.14. The smallest absolute Gasteiger partial charge is 0.0665 e. The van der Waals surface area contributed by atoms with Crippen LogP contribution in [0, 0.1) is 6.92 Å². The number of aryl methyl sites for hydroxylation is 1. The van der Waals surface area contributed by atoms with Crippen molar-refractivity contribution >= 4 is 24.0 Å². The van der Waals surface area contributed by atoms with Crippen LogP contribution in [0.4, 0.5) is 0 Å². The van der Waals surface area contributed by atoms with Crippen molar-refractivity contribution in [1.82, 2.24) is 4.90 Å². The van der Waals surface area contributed by atoms with Gasteiger partial charge in [-0.3, -0.25) is 9.98 Å². The van der Waals surface area contributed by atoms with Crippen molar-refractivity contribution in [3.05, 3.63) is 83.2 Å². The maximum atomic E-state index is 6.32. The first-order valence-electron chi connectivity index (χ1n) is 11.6. The minimum absolute atomic E-state index is 0.229. The lowest BCUT2D eigenvalue weighted by molar-refractivity contribution is 0.328. The molecule has 0 saturated heterocycles. The summed E-state index contributed by atoms with van der Waals surface area (Å²) in [5.41, 5.74) is 4.29. The molecule has 4 heteroatoms. The summed E-state index contributed by atoms with van der Waals surface area (Å²) < 4.78 is 0. The third kappa shape index (κ3) is 9.40. The standard InChI is InChI=1S/C28H40ClN3/c1-8-12-23(27(15-17-30-6)31-26(13-9-2)14-10-3)16-18-32(7)28(11-4)24-19-22(5)20-25(29)21-24/h8,12,15-21,26,28H,1,6,9-11,13-14H2,2-5,7H3/b17-15-,18-16-,23-12+,31-27?. The third-order valence-corrected chi connectivity index (χ3v) is 5.53. The second kappa shape index (κ2) is 15.4. The maximum absolute atomic E-state index is 6.32. The molecule has 0 aromatic heterocycles. The summed E-state index contributed by atoms with van der Waals surface area (Å²) in [6, 6.07) is 6.78. The molecule has 0 spiro atoms. The van der Waals surface area contributed by atoms with Gasteiger partial charge in [0.25, 0.3) is 0 Å². The molecule has 0 aliphatic carbocycles. The second-order valence-electron chi connectivity index (χ2n) is 8.07. The van der Waals surface area contributed by atoms with Gasteiger partial charge < -0.3 is 4.90 Å². The van der Waals surface area contributed by atoms with E-state index in [0.29, 0.717) is 6.04 Å². The lowest BCUT2D eigenvalue weighted by Crippen LogP contribution is -2.19.